The van der Waals surface area contributed by atoms with Gasteiger partial charge in [-0.05, 0) is 57.0 Å². The molecule has 2 atom stereocenters. The number of esters is 1. The topological polar surface area (TPSA) is 97.0 Å². The fourth-order valence-electron chi connectivity index (χ4n) is 4.37. The van der Waals surface area contributed by atoms with E-state index in [2.05, 4.69) is 10.6 Å². The van der Waals surface area contributed by atoms with Crippen LogP contribution in [-0.4, -0.2) is 61.1 Å². The molecule has 210 valence electrons. The van der Waals surface area contributed by atoms with Crippen LogP contribution in [-0.2, 0) is 19.1 Å². The average Bonchev–Trinajstić information content (AvgIpc) is 3.26. The van der Waals surface area contributed by atoms with Crippen molar-refractivity contribution in [3.8, 4) is 0 Å². The van der Waals surface area contributed by atoms with Crippen molar-refractivity contribution in [1.29, 1.82) is 0 Å². The lowest BCUT2D eigenvalue weighted by atomic mass is 9.88. The van der Waals surface area contributed by atoms with Gasteiger partial charge >= 0.3 is 12.1 Å². The fourth-order valence-corrected chi connectivity index (χ4v) is 4.37. The summed E-state index contributed by atoms with van der Waals surface area (Å²) < 4.78 is 36.3. The normalized spacial score (nSPS) is 17.8. The first-order valence-electron chi connectivity index (χ1n) is 12.8. The molecule has 0 spiro atoms. The number of likely N-dealkylation sites (tertiary alicyclic amines) is 1. The van der Waals surface area contributed by atoms with Crippen molar-refractivity contribution < 1.29 is 32.6 Å². The van der Waals surface area contributed by atoms with E-state index in [1.165, 1.54) is 6.08 Å². The number of amides is 2. The van der Waals surface area contributed by atoms with Crippen molar-refractivity contribution in [1.82, 2.24) is 4.90 Å². The van der Waals surface area contributed by atoms with Gasteiger partial charge in [-0.2, -0.15) is 0 Å². The number of halogens is 2. The Hall–Kier alpha value is -3.79. The third-order valence-corrected chi connectivity index (χ3v) is 5.99. The SMILES string of the molecule is CCOC(=O)C1CN(CC(F)F)CC1c1ccc(C=CC(=O)Nc2ccccc2NC(=O)OC(C)(C)C)cc1. The highest BCUT2D eigenvalue weighted by Crippen LogP contribution is 2.34. The van der Waals surface area contributed by atoms with Crippen LogP contribution in [0.4, 0.5) is 25.0 Å². The monoisotopic (exact) mass is 543 g/mol. The minimum absolute atomic E-state index is 0.222. The first-order chi connectivity index (χ1) is 18.4. The number of carbonyl (C=O) groups is 3. The summed E-state index contributed by atoms with van der Waals surface area (Å²) in [6.45, 7) is 7.38. The summed E-state index contributed by atoms with van der Waals surface area (Å²) in [6, 6.07) is 14.0. The Morgan fingerprint density at radius 2 is 1.67 bits per heavy atom. The zero-order valence-corrected chi connectivity index (χ0v) is 22.6. The Morgan fingerprint density at radius 3 is 2.26 bits per heavy atom. The van der Waals surface area contributed by atoms with E-state index in [-0.39, 0.29) is 25.0 Å². The van der Waals surface area contributed by atoms with E-state index in [4.69, 9.17) is 9.47 Å². The number of hydrogen-bond acceptors (Lipinski definition) is 6. The number of nitrogens with one attached hydrogen (secondary N) is 2. The molecule has 0 radical (unpaired) electrons. The van der Waals surface area contributed by atoms with E-state index >= 15 is 0 Å². The van der Waals surface area contributed by atoms with Gasteiger partial charge in [0.05, 0.1) is 30.4 Å². The molecule has 1 fully saturated rings. The van der Waals surface area contributed by atoms with Crippen molar-refractivity contribution in [2.45, 2.75) is 45.6 Å². The minimum atomic E-state index is -2.48. The van der Waals surface area contributed by atoms with Gasteiger partial charge in [-0.3, -0.25) is 19.8 Å². The summed E-state index contributed by atoms with van der Waals surface area (Å²) in [4.78, 5) is 38.8. The molecule has 1 aliphatic rings. The molecule has 8 nitrogen and oxygen atoms in total. The zero-order chi connectivity index (χ0) is 28.6. The van der Waals surface area contributed by atoms with Gasteiger partial charge in [-0.25, -0.2) is 13.6 Å². The molecule has 2 amide bonds. The first kappa shape index (κ1) is 29.8. The lowest BCUT2D eigenvalue weighted by Crippen LogP contribution is -2.28. The van der Waals surface area contributed by atoms with Crippen LogP contribution in [0, 0.1) is 5.92 Å². The molecule has 3 rings (SSSR count). The van der Waals surface area contributed by atoms with E-state index in [1.54, 1.807) is 75.1 Å². The Morgan fingerprint density at radius 1 is 1.03 bits per heavy atom. The van der Waals surface area contributed by atoms with Gasteiger partial charge in [-0.1, -0.05) is 36.4 Å². The summed E-state index contributed by atoms with van der Waals surface area (Å²) >= 11 is 0. The van der Waals surface area contributed by atoms with Gasteiger partial charge in [0.2, 0.25) is 5.91 Å². The maximum absolute atomic E-state index is 12.9. The van der Waals surface area contributed by atoms with Crippen LogP contribution in [0.5, 0.6) is 0 Å². The Bertz CT molecular complexity index is 1180. The molecule has 2 aromatic rings. The number of benzene rings is 2. The molecule has 2 aromatic carbocycles. The molecular weight excluding hydrogens is 508 g/mol. The average molecular weight is 544 g/mol. The van der Waals surface area contributed by atoms with E-state index in [0.29, 0.717) is 17.9 Å². The minimum Gasteiger partial charge on any atom is -0.466 e. The number of ether oxygens (including phenoxy) is 2. The summed E-state index contributed by atoms with van der Waals surface area (Å²) in [5, 5.41) is 5.38. The largest absolute Gasteiger partial charge is 0.466 e. The number of alkyl halides is 2. The summed E-state index contributed by atoms with van der Waals surface area (Å²) in [7, 11) is 0. The second-order valence-corrected chi connectivity index (χ2v) is 10.2. The lowest BCUT2D eigenvalue weighted by molar-refractivity contribution is -0.148. The summed E-state index contributed by atoms with van der Waals surface area (Å²) in [5.74, 6) is -1.58. The Labute approximate surface area is 227 Å². The maximum Gasteiger partial charge on any atom is 0.412 e. The molecule has 39 heavy (non-hydrogen) atoms. The molecule has 1 heterocycles. The molecule has 1 aliphatic heterocycles. The van der Waals surface area contributed by atoms with Crippen molar-refractivity contribution >= 4 is 35.4 Å². The highest BCUT2D eigenvalue weighted by atomic mass is 19.3. The number of hydrogen-bond donors (Lipinski definition) is 2. The van der Waals surface area contributed by atoms with Crippen LogP contribution in [0.2, 0.25) is 0 Å². The van der Waals surface area contributed by atoms with Gasteiger partial charge in [0, 0.05) is 25.1 Å². The third-order valence-electron chi connectivity index (χ3n) is 5.99. The predicted molar refractivity (Wildman–Crippen MR) is 146 cm³/mol. The highest BCUT2D eigenvalue weighted by Gasteiger charge is 2.40. The molecule has 0 bridgehead atoms. The highest BCUT2D eigenvalue weighted by molar-refractivity contribution is 6.05. The van der Waals surface area contributed by atoms with Crippen LogP contribution in [0.3, 0.4) is 0 Å². The van der Waals surface area contributed by atoms with Crippen molar-refractivity contribution in [2.75, 3.05) is 36.9 Å². The van der Waals surface area contributed by atoms with Crippen LogP contribution < -0.4 is 10.6 Å². The van der Waals surface area contributed by atoms with Gasteiger partial charge in [-0.15, -0.1) is 0 Å². The van der Waals surface area contributed by atoms with E-state index in [9.17, 15) is 23.2 Å². The molecule has 10 heteroatoms. The van der Waals surface area contributed by atoms with Crippen molar-refractivity contribution in [3.63, 3.8) is 0 Å². The zero-order valence-electron chi connectivity index (χ0n) is 22.6. The van der Waals surface area contributed by atoms with Crippen LogP contribution in [0.25, 0.3) is 6.08 Å². The van der Waals surface area contributed by atoms with Crippen LogP contribution in [0.1, 0.15) is 44.7 Å². The van der Waals surface area contributed by atoms with Crippen molar-refractivity contribution in [3.05, 3.63) is 65.7 Å². The Balaban J connectivity index is 1.65. The molecule has 0 aromatic heterocycles. The van der Waals surface area contributed by atoms with Gasteiger partial charge in [0.1, 0.15) is 5.60 Å². The Kier molecular flexibility index (Phi) is 10.2. The lowest BCUT2D eigenvalue weighted by Gasteiger charge is -2.20. The quantitative estimate of drug-likeness (QED) is 0.319. The second-order valence-electron chi connectivity index (χ2n) is 10.2. The maximum atomic E-state index is 12.9. The van der Waals surface area contributed by atoms with Crippen molar-refractivity contribution in [2.24, 2.45) is 5.92 Å². The molecule has 1 saturated heterocycles. The second kappa shape index (κ2) is 13.3. The van der Waals surface area contributed by atoms with E-state index in [0.717, 1.165) is 11.1 Å². The number of para-hydroxylation sites is 2. The first-order valence-corrected chi connectivity index (χ1v) is 12.8. The number of anilines is 2. The van der Waals surface area contributed by atoms with Crippen LogP contribution >= 0.6 is 0 Å². The smallest absolute Gasteiger partial charge is 0.412 e. The fraction of sp³-hybridized carbons (Fsp3) is 0.414. The van der Waals surface area contributed by atoms with E-state index in [1.807, 2.05) is 12.1 Å². The van der Waals surface area contributed by atoms with Gasteiger partial charge < -0.3 is 14.8 Å². The third kappa shape index (κ3) is 9.17. The summed E-state index contributed by atoms with van der Waals surface area (Å²) in [6.07, 6.45) is -0.126. The molecule has 2 N–H and O–H groups in total. The molecule has 0 aliphatic carbocycles. The summed E-state index contributed by atoms with van der Waals surface area (Å²) in [5.41, 5.74) is 1.72. The molecule has 2 unspecified atom stereocenters. The van der Waals surface area contributed by atoms with Gasteiger partial charge in [0.25, 0.3) is 6.43 Å². The van der Waals surface area contributed by atoms with E-state index < -0.39 is 36.5 Å². The van der Waals surface area contributed by atoms with Gasteiger partial charge in [0.15, 0.2) is 0 Å². The predicted octanol–water partition coefficient (Wildman–Crippen LogP) is 5.53. The number of rotatable bonds is 9. The molecule has 0 saturated carbocycles. The standard InChI is InChI=1S/C29H35F2N3O5/c1-5-38-27(36)22-17-34(18-25(30)31)16-21(22)20-13-10-19(11-14-20)12-15-26(35)32-23-8-6-7-9-24(23)33-28(37)39-29(2,3)4/h6-15,21-22,25H,5,16-18H2,1-4H3,(H,32,35)(H,33,37). The number of nitrogens with zero attached hydrogens (tertiary/aromatic N) is 1. The van der Waals surface area contributed by atoms with Crippen LogP contribution in [0.15, 0.2) is 54.6 Å². The number of carbonyl (C=O) groups excluding carboxylic acids is 3. The molecular formula is C29H35F2N3O5.